The molecular formula is C12H14N2O3S2. The Morgan fingerprint density at radius 1 is 1.58 bits per heavy atom. The van der Waals surface area contributed by atoms with Gasteiger partial charge in [-0.05, 0) is 17.4 Å². The van der Waals surface area contributed by atoms with Crippen LogP contribution >= 0.6 is 23.1 Å². The number of hydrogen-bond donors (Lipinski definition) is 1. The molecule has 5 nitrogen and oxygen atoms in total. The van der Waals surface area contributed by atoms with Crippen LogP contribution in [0, 0.1) is 5.92 Å². The Bertz CT molecular complexity index is 537. The molecule has 7 heteroatoms. The summed E-state index contributed by atoms with van der Waals surface area (Å²) in [7, 11) is 0. The third-order valence-electron chi connectivity index (χ3n) is 2.48. The van der Waals surface area contributed by atoms with Crippen LogP contribution in [0.25, 0.3) is 11.4 Å². The highest BCUT2D eigenvalue weighted by Crippen LogP contribution is 2.25. The van der Waals surface area contributed by atoms with E-state index in [1.54, 1.807) is 11.3 Å². The monoisotopic (exact) mass is 298 g/mol. The van der Waals surface area contributed by atoms with Gasteiger partial charge < -0.3 is 9.63 Å². The van der Waals surface area contributed by atoms with Crippen molar-refractivity contribution in [2.45, 2.75) is 24.9 Å². The lowest BCUT2D eigenvalue weighted by Crippen LogP contribution is -2.22. The van der Waals surface area contributed by atoms with Gasteiger partial charge in [0.15, 0.2) is 0 Å². The first-order valence-electron chi connectivity index (χ1n) is 5.77. The molecule has 0 radical (unpaired) electrons. The summed E-state index contributed by atoms with van der Waals surface area (Å²) in [5.41, 5.74) is 0.920. The Hall–Kier alpha value is -1.34. The molecule has 2 heterocycles. The molecule has 1 unspecified atom stereocenters. The predicted octanol–water partition coefficient (Wildman–Crippen LogP) is 3.14. The van der Waals surface area contributed by atoms with Gasteiger partial charge in [0, 0.05) is 10.9 Å². The van der Waals surface area contributed by atoms with Crippen molar-refractivity contribution in [3.05, 3.63) is 22.7 Å². The Labute approximate surface area is 119 Å². The molecule has 0 spiro atoms. The van der Waals surface area contributed by atoms with Gasteiger partial charge in [-0.25, -0.2) is 0 Å². The van der Waals surface area contributed by atoms with Crippen molar-refractivity contribution >= 4 is 29.1 Å². The van der Waals surface area contributed by atoms with Crippen molar-refractivity contribution in [1.82, 2.24) is 10.1 Å². The summed E-state index contributed by atoms with van der Waals surface area (Å²) < 4.78 is 5.13. The smallest absolute Gasteiger partial charge is 0.316 e. The normalized spacial score (nSPS) is 12.8. The predicted molar refractivity (Wildman–Crippen MR) is 75.2 cm³/mol. The first kappa shape index (κ1) is 14.1. The zero-order valence-electron chi connectivity index (χ0n) is 10.6. The highest BCUT2D eigenvalue weighted by Gasteiger charge is 2.23. The second kappa shape index (κ2) is 6.21. The molecular weight excluding hydrogens is 284 g/mol. The van der Waals surface area contributed by atoms with Gasteiger partial charge in [-0.3, -0.25) is 4.79 Å². The van der Waals surface area contributed by atoms with Gasteiger partial charge in [0.05, 0.1) is 5.75 Å². The first-order chi connectivity index (χ1) is 9.08. The Balaban J connectivity index is 1.99. The molecule has 2 aromatic rings. The largest absolute Gasteiger partial charge is 0.480 e. The van der Waals surface area contributed by atoms with Crippen LogP contribution in [0.15, 0.2) is 21.3 Å². The fourth-order valence-electron chi connectivity index (χ4n) is 1.53. The van der Waals surface area contributed by atoms with Crippen molar-refractivity contribution < 1.29 is 14.4 Å². The number of carbonyl (C=O) groups is 1. The van der Waals surface area contributed by atoms with Gasteiger partial charge in [0.2, 0.25) is 11.7 Å². The molecule has 0 bridgehead atoms. The number of rotatable bonds is 6. The number of carboxylic acids is 1. The quantitative estimate of drug-likeness (QED) is 0.883. The van der Waals surface area contributed by atoms with Gasteiger partial charge in [-0.2, -0.15) is 16.3 Å². The molecule has 19 heavy (non-hydrogen) atoms. The molecule has 0 aliphatic heterocycles. The first-order valence-corrected chi connectivity index (χ1v) is 7.76. The van der Waals surface area contributed by atoms with E-state index in [2.05, 4.69) is 10.1 Å². The summed E-state index contributed by atoms with van der Waals surface area (Å²) in [6.07, 6.45) is 0. The molecule has 102 valence electrons. The molecule has 0 saturated carbocycles. The van der Waals surface area contributed by atoms with E-state index in [9.17, 15) is 4.79 Å². The lowest BCUT2D eigenvalue weighted by Gasteiger charge is -2.13. The van der Waals surface area contributed by atoms with Crippen molar-refractivity contribution in [3.63, 3.8) is 0 Å². The van der Waals surface area contributed by atoms with Crippen LogP contribution in [0.5, 0.6) is 0 Å². The van der Waals surface area contributed by atoms with E-state index in [-0.39, 0.29) is 5.92 Å². The van der Waals surface area contributed by atoms with Crippen LogP contribution in [0.3, 0.4) is 0 Å². The van der Waals surface area contributed by atoms with Crippen LogP contribution < -0.4 is 0 Å². The molecule has 0 aromatic carbocycles. The van der Waals surface area contributed by atoms with E-state index < -0.39 is 11.2 Å². The molecule has 2 rings (SSSR count). The highest BCUT2D eigenvalue weighted by atomic mass is 32.2. The molecule has 1 N–H and O–H groups in total. The van der Waals surface area contributed by atoms with Crippen molar-refractivity contribution in [2.24, 2.45) is 5.92 Å². The topological polar surface area (TPSA) is 76.2 Å². The van der Waals surface area contributed by atoms with Crippen LogP contribution in [0.1, 0.15) is 19.7 Å². The van der Waals surface area contributed by atoms with E-state index in [4.69, 9.17) is 9.63 Å². The lowest BCUT2D eigenvalue weighted by molar-refractivity contribution is -0.137. The number of aliphatic carboxylic acids is 1. The number of thiophene rings is 1. The average molecular weight is 298 g/mol. The summed E-state index contributed by atoms with van der Waals surface area (Å²) in [5, 5.41) is 16.4. The fourth-order valence-corrected chi connectivity index (χ4v) is 3.13. The maximum absolute atomic E-state index is 11.1. The zero-order chi connectivity index (χ0) is 13.8. The van der Waals surface area contributed by atoms with Gasteiger partial charge in [0.25, 0.3) is 0 Å². The Morgan fingerprint density at radius 3 is 2.95 bits per heavy atom. The van der Waals surface area contributed by atoms with Gasteiger partial charge in [-0.1, -0.05) is 19.0 Å². The van der Waals surface area contributed by atoms with Crippen molar-refractivity contribution in [1.29, 1.82) is 0 Å². The maximum atomic E-state index is 11.1. The van der Waals surface area contributed by atoms with Gasteiger partial charge in [-0.15, -0.1) is 11.8 Å². The van der Waals surface area contributed by atoms with Gasteiger partial charge >= 0.3 is 5.97 Å². The second-order valence-electron chi connectivity index (χ2n) is 4.34. The van der Waals surface area contributed by atoms with E-state index >= 15 is 0 Å². The molecule has 0 amide bonds. The molecule has 1 atom stereocenters. The van der Waals surface area contributed by atoms with Crippen LogP contribution in [-0.4, -0.2) is 26.5 Å². The van der Waals surface area contributed by atoms with Gasteiger partial charge in [0.1, 0.15) is 5.25 Å². The minimum atomic E-state index is -0.808. The van der Waals surface area contributed by atoms with E-state index in [1.165, 1.54) is 11.8 Å². The molecule has 0 aliphatic rings. The van der Waals surface area contributed by atoms with E-state index in [0.29, 0.717) is 17.5 Å². The Morgan fingerprint density at radius 2 is 2.37 bits per heavy atom. The minimum Gasteiger partial charge on any atom is -0.480 e. The summed E-state index contributed by atoms with van der Waals surface area (Å²) in [6, 6.07) is 1.92. The number of nitrogens with zero attached hydrogens (tertiary/aromatic N) is 2. The van der Waals surface area contributed by atoms with Crippen molar-refractivity contribution in [3.8, 4) is 11.4 Å². The minimum absolute atomic E-state index is 0.0572. The van der Waals surface area contributed by atoms with Crippen LogP contribution in [0.2, 0.25) is 0 Å². The van der Waals surface area contributed by atoms with E-state index in [0.717, 1.165) is 5.56 Å². The molecule has 0 aliphatic carbocycles. The standard InChI is InChI=1S/C12H14N2O3S2/c1-7(2)10(12(15)16)19-6-9-13-11(14-17-9)8-3-4-18-5-8/h3-5,7,10H,6H2,1-2H3,(H,15,16). The summed E-state index contributed by atoms with van der Waals surface area (Å²) in [6.45, 7) is 3.77. The Kier molecular flexibility index (Phi) is 4.60. The summed E-state index contributed by atoms with van der Waals surface area (Å²) in [5.74, 6) is 0.664. The molecule has 0 fully saturated rings. The zero-order valence-corrected chi connectivity index (χ0v) is 12.2. The van der Waals surface area contributed by atoms with E-state index in [1.807, 2.05) is 30.7 Å². The van der Waals surface area contributed by atoms with Crippen molar-refractivity contribution in [2.75, 3.05) is 0 Å². The van der Waals surface area contributed by atoms with Crippen LogP contribution in [-0.2, 0) is 10.5 Å². The maximum Gasteiger partial charge on any atom is 0.316 e. The number of thioether (sulfide) groups is 1. The molecule has 0 saturated heterocycles. The SMILES string of the molecule is CC(C)C(SCc1nc(-c2ccsc2)no1)C(=O)O. The number of carboxylic acid groups (broad SMARTS) is 1. The highest BCUT2D eigenvalue weighted by molar-refractivity contribution is 7.99. The second-order valence-corrected chi connectivity index (χ2v) is 6.25. The number of aromatic nitrogens is 2. The third kappa shape index (κ3) is 3.57. The number of hydrogen-bond acceptors (Lipinski definition) is 6. The lowest BCUT2D eigenvalue weighted by atomic mass is 10.1. The fraction of sp³-hybridized carbons (Fsp3) is 0.417. The molecule has 2 aromatic heterocycles. The van der Waals surface area contributed by atoms with Crippen LogP contribution in [0.4, 0.5) is 0 Å². The average Bonchev–Trinajstić information content (AvgIpc) is 2.98. The summed E-state index contributed by atoms with van der Waals surface area (Å²) >= 11 is 2.87. The summed E-state index contributed by atoms with van der Waals surface area (Å²) in [4.78, 5) is 15.3. The third-order valence-corrected chi connectivity index (χ3v) is 4.68.